The number of anilines is 1. The van der Waals surface area contributed by atoms with E-state index in [2.05, 4.69) is 58.8 Å². The molecule has 3 amide bonds. The molecular weight excluding hydrogens is 767 g/mol. The minimum Gasteiger partial charge on any atom is -0.542 e. The second kappa shape index (κ2) is 20.2. The van der Waals surface area contributed by atoms with Crippen molar-refractivity contribution in [2.24, 2.45) is 17.3 Å². The van der Waals surface area contributed by atoms with Gasteiger partial charge in [0.2, 0.25) is 5.91 Å². The highest BCUT2D eigenvalue weighted by Crippen LogP contribution is 2.55. The van der Waals surface area contributed by atoms with E-state index in [0.29, 0.717) is 45.6 Å². The van der Waals surface area contributed by atoms with Crippen LogP contribution in [-0.4, -0.2) is 79.8 Å². The Morgan fingerprint density at radius 1 is 0.932 bits per heavy atom. The van der Waals surface area contributed by atoms with Crippen LogP contribution in [0.15, 0.2) is 49.1 Å². The fraction of sp³-hybridized carbons (Fsp3) is 0.587. The first-order chi connectivity index (χ1) is 27.8. The lowest BCUT2D eigenvalue weighted by molar-refractivity contribution is -0.146. The maximum Gasteiger partial charge on any atom is 0.411 e. The summed E-state index contributed by atoms with van der Waals surface area (Å²) >= 11 is 0. The Kier molecular flexibility index (Phi) is 16.1. The number of nitrogens with one attached hydrogen (secondary N) is 2. The highest BCUT2D eigenvalue weighted by atomic mass is 28.4. The van der Waals surface area contributed by atoms with Crippen LogP contribution in [0.4, 0.5) is 10.5 Å². The Morgan fingerprint density at radius 3 is 2.08 bits per heavy atom. The molecule has 59 heavy (non-hydrogen) atoms. The summed E-state index contributed by atoms with van der Waals surface area (Å²) < 4.78 is 17.8. The Hall–Kier alpha value is -4.49. The minimum absolute atomic E-state index is 0.0648. The molecule has 3 N–H and O–H groups in total. The first kappa shape index (κ1) is 47.2. The maximum atomic E-state index is 14.2. The van der Waals surface area contributed by atoms with Gasteiger partial charge in [-0.3, -0.25) is 24.5 Å². The van der Waals surface area contributed by atoms with Gasteiger partial charge in [-0.15, -0.1) is 0 Å². The first-order valence-electron chi connectivity index (χ1n) is 21.1. The quantitative estimate of drug-likeness (QED) is 0.0678. The molecule has 1 heterocycles. The predicted molar refractivity (Wildman–Crippen MR) is 232 cm³/mol. The number of likely N-dealkylation sites (tertiary alicyclic amines) is 1. The highest BCUT2D eigenvalue weighted by Gasteiger charge is 2.53. The summed E-state index contributed by atoms with van der Waals surface area (Å²) in [4.78, 5) is 67.7. The van der Waals surface area contributed by atoms with Gasteiger partial charge in [-0.2, -0.15) is 0 Å². The van der Waals surface area contributed by atoms with Crippen molar-refractivity contribution in [1.82, 2.24) is 10.2 Å². The standard InChI is InChI=1S/C46H67N3O9Si/c1-12-19-56-42(52)22-37(28(2)3)43(53)47-33(11)40(51)21-34-13-15-35(16-14-34)26-57-45(55)48-39-23-41(58-59(29(4)5,30(6)7)31(8)9)32(10)20-38(39)44(54)49-27-46(17-18-46)24-36(49)25-50/h12-16,20,23,28-31,33,36-37,50H,1,17-19,21-22,24-27H2,2-11H3,(H,47,53)(H,48,55)/t33-,36-,37+/m0/s1. The number of hydrogen-bond donors (Lipinski definition) is 3. The van der Waals surface area contributed by atoms with Gasteiger partial charge < -0.3 is 29.2 Å². The van der Waals surface area contributed by atoms with Crippen molar-refractivity contribution in [3.63, 3.8) is 0 Å². The van der Waals surface area contributed by atoms with E-state index < -0.39 is 32.3 Å². The van der Waals surface area contributed by atoms with E-state index in [-0.39, 0.29) is 73.3 Å². The fourth-order valence-electron chi connectivity index (χ4n) is 8.71. The summed E-state index contributed by atoms with van der Waals surface area (Å²) in [5.74, 6) is -1.51. The summed E-state index contributed by atoms with van der Waals surface area (Å²) in [5.41, 5.74) is 3.78. The lowest BCUT2D eigenvalue weighted by Crippen LogP contribution is -2.50. The molecule has 324 valence electrons. The van der Waals surface area contributed by atoms with Crippen LogP contribution in [0.3, 0.4) is 0 Å². The third-order valence-electron chi connectivity index (χ3n) is 12.3. The number of ether oxygens (including phenoxy) is 2. The van der Waals surface area contributed by atoms with Gasteiger partial charge in [0.25, 0.3) is 14.2 Å². The number of esters is 1. The molecule has 0 bridgehead atoms. The monoisotopic (exact) mass is 833 g/mol. The molecule has 1 saturated carbocycles. The summed E-state index contributed by atoms with van der Waals surface area (Å²) in [6.07, 6.45) is 3.52. The number of hydrogen-bond acceptors (Lipinski definition) is 9. The Bertz CT molecular complexity index is 1820. The van der Waals surface area contributed by atoms with Gasteiger partial charge in [-0.1, -0.05) is 92.3 Å². The van der Waals surface area contributed by atoms with Crippen LogP contribution in [0.2, 0.25) is 16.6 Å². The molecular formula is C46H67N3O9Si. The molecule has 2 aromatic rings. The summed E-state index contributed by atoms with van der Waals surface area (Å²) in [6.45, 7) is 24.4. The number of nitrogens with zero attached hydrogens (tertiary/aromatic N) is 1. The van der Waals surface area contributed by atoms with E-state index in [4.69, 9.17) is 13.9 Å². The highest BCUT2D eigenvalue weighted by molar-refractivity contribution is 6.78. The van der Waals surface area contributed by atoms with Crippen molar-refractivity contribution in [2.75, 3.05) is 25.1 Å². The second-order valence-corrected chi connectivity index (χ2v) is 23.3. The number of rotatable bonds is 20. The fourth-order valence-corrected chi connectivity index (χ4v) is 14.0. The summed E-state index contributed by atoms with van der Waals surface area (Å²) in [5, 5.41) is 15.8. The molecule has 12 nitrogen and oxygen atoms in total. The van der Waals surface area contributed by atoms with Crippen molar-refractivity contribution in [3.05, 3.63) is 71.3 Å². The molecule has 0 radical (unpaired) electrons. The van der Waals surface area contributed by atoms with Crippen LogP contribution in [-0.2, 0) is 36.9 Å². The van der Waals surface area contributed by atoms with Crippen molar-refractivity contribution < 1.29 is 43.0 Å². The number of Topliss-reactive ketones (excluding diaryl/α,β-unsaturated/α-hetero) is 1. The molecule has 0 aromatic heterocycles. The van der Waals surface area contributed by atoms with Crippen LogP contribution < -0.4 is 15.1 Å². The predicted octanol–water partition coefficient (Wildman–Crippen LogP) is 8.29. The van der Waals surface area contributed by atoms with Crippen molar-refractivity contribution in [2.45, 2.75) is 137 Å². The Morgan fingerprint density at radius 2 is 1.54 bits per heavy atom. The van der Waals surface area contributed by atoms with E-state index in [1.54, 1.807) is 48.2 Å². The average Bonchev–Trinajstić information content (AvgIpc) is 3.83. The van der Waals surface area contributed by atoms with Gasteiger partial charge in [0.05, 0.1) is 42.3 Å². The maximum absolute atomic E-state index is 14.2. The van der Waals surface area contributed by atoms with Gasteiger partial charge >= 0.3 is 12.1 Å². The Balaban J connectivity index is 1.45. The number of ketones is 1. The zero-order valence-corrected chi connectivity index (χ0v) is 37.8. The van der Waals surface area contributed by atoms with E-state index in [9.17, 15) is 29.1 Å². The zero-order valence-electron chi connectivity index (χ0n) is 36.8. The van der Waals surface area contributed by atoms with Crippen LogP contribution >= 0.6 is 0 Å². The van der Waals surface area contributed by atoms with E-state index in [0.717, 1.165) is 24.8 Å². The van der Waals surface area contributed by atoms with Crippen molar-refractivity contribution in [1.29, 1.82) is 0 Å². The number of aryl methyl sites for hydroxylation is 1. The summed E-state index contributed by atoms with van der Waals surface area (Å²) in [6, 6.07) is 9.54. The molecule has 1 aliphatic heterocycles. The van der Waals surface area contributed by atoms with Crippen LogP contribution in [0.1, 0.15) is 115 Å². The van der Waals surface area contributed by atoms with Crippen LogP contribution in [0.5, 0.6) is 5.75 Å². The topological polar surface area (TPSA) is 161 Å². The molecule has 2 aliphatic rings. The zero-order chi connectivity index (χ0) is 43.8. The number of carbonyl (C=O) groups is 5. The molecule has 1 saturated heterocycles. The van der Waals surface area contributed by atoms with Gasteiger partial charge in [0.15, 0.2) is 5.78 Å². The normalized spacial score (nSPS) is 16.9. The molecule has 2 aromatic carbocycles. The number of benzene rings is 2. The minimum atomic E-state index is -2.40. The van der Waals surface area contributed by atoms with Crippen molar-refractivity contribution in [3.8, 4) is 5.75 Å². The van der Waals surface area contributed by atoms with Gasteiger partial charge in [-0.05, 0) is 83.8 Å². The van der Waals surface area contributed by atoms with E-state index in [1.165, 1.54) is 6.08 Å². The average molecular weight is 834 g/mol. The second-order valence-electron chi connectivity index (χ2n) is 18.0. The molecule has 1 aliphatic carbocycles. The van der Waals surface area contributed by atoms with Gasteiger partial charge in [-0.25, -0.2) is 4.79 Å². The molecule has 13 heteroatoms. The first-order valence-corrected chi connectivity index (χ1v) is 23.3. The largest absolute Gasteiger partial charge is 0.542 e. The third kappa shape index (κ3) is 11.6. The SMILES string of the molecule is C=CCOC(=O)C[C@@H](C(=O)N[C@@H](C)C(=O)Cc1ccc(COC(=O)Nc2cc(O[Si](C(C)C)(C(C)C)C(C)C)c(C)cc2C(=O)N2CC3(CC3)C[C@H]2CO)cc1)C(C)C. The molecule has 0 unspecified atom stereocenters. The van der Waals surface area contributed by atoms with Gasteiger partial charge in [0.1, 0.15) is 19.0 Å². The van der Waals surface area contributed by atoms with Crippen LogP contribution in [0, 0.1) is 24.2 Å². The number of amides is 3. The van der Waals surface area contributed by atoms with Gasteiger partial charge in [0, 0.05) is 19.0 Å². The summed E-state index contributed by atoms with van der Waals surface area (Å²) in [7, 11) is -2.40. The molecule has 2 fully saturated rings. The van der Waals surface area contributed by atoms with E-state index >= 15 is 0 Å². The molecule has 3 atom stereocenters. The number of carbonyl (C=O) groups excluding carboxylic acids is 5. The van der Waals surface area contributed by atoms with Crippen LogP contribution in [0.25, 0.3) is 0 Å². The number of aliphatic hydroxyl groups is 1. The van der Waals surface area contributed by atoms with Crippen molar-refractivity contribution >= 4 is 43.7 Å². The lowest BCUT2D eigenvalue weighted by atomic mass is 9.91. The number of aliphatic hydroxyl groups excluding tert-OH is 1. The molecule has 4 rings (SSSR count). The smallest absolute Gasteiger partial charge is 0.411 e. The third-order valence-corrected chi connectivity index (χ3v) is 18.3. The van der Waals surface area contributed by atoms with E-state index in [1.807, 2.05) is 20.8 Å². The Labute approximate surface area is 352 Å². The lowest BCUT2D eigenvalue weighted by Gasteiger charge is -2.42. The molecule has 1 spiro atoms.